The number of likely N-dealkylation sites (N-methyl/N-ethyl adjacent to an activating group) is 1. The number of aryl methyl sites for hydroxylation is 3. The molecule has 7 heteroatoms. The molecule has 6 nitrogen and oxygen atoms in total. The maximum atomic E-state index is 12.9. The third-order valence-corrected chi connectivity index (χ3v) is 7.27. The Kier molecular flexibility index (Phi) is 5.35. The molecule has 1 aromatic carbocycles. The summed E-state index contributed by atoms with van der Waals surface area (Å²) in [6, 6.07) is 9.80. The number of pyridine rings is 1. The minimum Gasteiger partial charge on any atom is -0.350 e. The molecule has 1 amide bonds. The van der Waals surface area contributed by atoms with E-state index < -0.39 is 0 Å². The first-order valence-electron chi connectivity index (χ1n) is 10.8. The highest BCUT2D eigenvalue weighted by atomic mass is 32.1. The smallest absolute Gasteiger partial charge is 0.243 e. The summed E-state index contributed by atoms with van der Waals surface area (Å²) in [4.78, 5) is 31.2. The molecule has 5 rings (SSSR count). The molecule has 0 unspecified atom stereocenters. The number of anilines is 2. The molecular weight excluding hydrogens is 418 g/mol. The summed E-state index contributed by atoms with van der Waals surface area (Å²) in [6.07, 6.45) is 6.82. The van der Waals surface area contributed by atoms with Gasteiger partial charge >= 0.3 is 0 Å². The van der Waals surface area contributed by atoms with Crippen molar-refractivity contribution in [3.8, 4) is 11.4 Å². The monoisotopic (exact) mass is 443 g/mol. The minimum absolute atomic E-state index is 0.0669. The molecule has 0 saturated carbocycles. The fourth-order valence-corrected chi connectivity index (χ4v) is 5.50. The van der Waals surface area contributed by atoms with E-state index in [0.717, 1.165) is 57.7 Å². The van der Waals surface area contributed by atoms with Crippen LogP contribution in [0.5, 0.6) is 0 Å². The van der Waals surface area contributed by atoms with Crippen LogP contribution >= 0.6 is 11.3 Å². The van der Waals surface area contributed by atoms with Crippen molar-refractivity contribution in [3.63, 3.8) is 0 Å². The van der Waals surface area contributed by atoms with Crippen LogP contribution in [0.25, 0.3) is 21.6 Å². The number of amides is 1. The number of thiophene rings is 1. The first-order valence-corrected chi connectivity index (χ1v) is 11.6. The predicted octanol–water partition coefficient (Wildman–Crippen LogP) is 4.93. The van der Waals surface area contributed by atoms with E-state index in [1.165, 1.54) is 10.4 Å². The van der Waals surface area contributed by atoms with Crippen molar-refractivity contribution in [3.05, 3.63) is 64.3 Å². The molecule has 0 aliphatic heterocycles. The summed E-state index contributed by atoms with van der Waals surface area (Å²) in [5.41, 5.74) is 5.31. The third kappa shape index (κ3) is 3.73. The molecule has 32 heavy (non-hydrogen) atoms. The molecule has 4 aromatic rings. The van der Waals surface area contributed by atoms with Crippen molar-refractivity contribution in [2.75, 3.05) is 23.8 Å². The van der Waals surface area contributed by atoms with E-state index in [0.29, 0.717) is 5.82 Å². The van der Waals surface area contributed by atoms with Gasteiger partial charge < -0.3 is 10.2 Å². The SMILES string of the molecule is Cc1cccc(NC(=O)CN(C)c2nc(-c3cccnc3)nc3sc4c(c23)CCC4)c1C. The summed E-state index contributed by atoms with van der Waals surface area (Å²) < 4.78 is 0. The van der Waals surface area contributed by atoms with Gasteiger partial charge in [0.2, 0.25) is 5.91 Å². The predicted molar refractivity (Wildman–Crippen MR) is 130 cm³/mol. The second-order valence-corrected chi connectivity index (χ2v) is 9.39. The highest BCUT2D eigenvalue weighted by molar-refractivity contribution is 7.19. The Balaban J connectivity index is 1.50. The molecule has 3 heterocycles. The van der Waals surface area contributed by atoms with E-state index >= 15 is 0 Å². The number of fused-ring (bicyclic) bond motifs is 3. The Bertz CT molecular complexity index is 1320. The molecule has 0 radical (unpaired) electrons. The van der Waals surface area contributed by atoms with Crippen LogP contribution in [0, 0.1) is 13.8 Å². The highest BCUT2D eigenvalue weighted by Crippen LogP contribution is 2.41. The molecule has 1 aliphatic carbocycles. The number of nitrogens with zero attached hydrogens (tertiary/aromatic N) is 4. The summed E-state index contributed by atoms with van der Waals surface area (Å²) in [5.74, 6) is 1.38. The van der Waals surface area contributed by atoms with Crippen LogP contribution in [0.4, 0.5) is 11.5 Å². The molecular formula is C25H25N5OS. The Labute approximate surface area is 191 Å². The first kappa shape index (κ1) is 20.6. The summed E-state index contributed by atoms with van der Waals surface area (Å²) in [6.45, 7) is 4.28. The quantitative estimate of drug-likeness (QED) is 0.473. The fraction of sp³-hybridized carbons (Fsp3) is 0.280. The topological polar surface area (TPSA) is 71.0 Å². The highest BCUT2D eigenvalue weighted by Gasteiger charge is 2.25. The van der Waals surface area contributed by atoms with Crippen molar-refractivity contribution in [2.24, 2.45) is 0 Å². The van der Waals surface area contributed by atoms with Gasteiger partial charge in [0.1, 0.15) is 10.6 Å². The van der Waals surface area contributed by atoms with E-state index in [1.807, 2.05) is 56.1 Å². The average Bonchev–Trinajstić information content (AvgIpc) is 3.38. The average molecular weight is 444 g/mol. The van der Waals surface area contributed by atoms with Crippen LogP contribution < -0.4 is 10.2 Å². The van der Waals surface area contributed by atoms with Crippen molar-refractivity contribution >= 4 is 39.0 Å². The van der Waals surface area contributed by atoms with Crippen LogP contribution in [0.15, 0.2) is 42.7 Å². The molecule has 1 N–H and O–H groups in total. The zero-order chi connectivity index (χ0) is 22.2. The fourth-order valence-electron chi connectivity index (χ4n) is 4.24. The molecule has 0 bridgehead atoms. The van der Waals surface area contributed by atoms with Crippen LogP contribution in [0.2, 0.25) is 0 Å². The maximum absolute atomic E-state index is 12.9. The van der Waals surface area contributed by atoms with E-state index in [2.05, 4.69) is 10.3 Å². The lowest BCUT2D eigenvalue weighted by atomic mass is 10.1. The summed E-state index contributed by atoms with van der Waals surface area (Å²) in [7, 11) is 1.93. The number of rotatable bonds is 5. The van der Waals surface area contributed by atoms with E-state index in [4.69, 9.17) is 9.97 Å². The molecule has 0 saturated heterocycles. The Hall–Kier alpha value is -3.32. The van der Waals surface area contributed by atoms with Crippen molar-refractivity contribution < 1.29 is 4.79 Å². The van der Waals surface area contributed by atoms with E-state index in [1.54, 1.807) is 23.7 Å². The summed E-state index contributed by atoms with van der Waals surface area (Å²) >= 11 is 1.75. The molecule has 0 atom stereocenters. The molecule has 1 aliphatic rings. The lowest BCUT2D eigenvalue weighted by Gasteiger charge is -2.20. The van der Waals surface area contributed by atoms with Gasteiger partial charge in [0.05, 0.1) is 11.9 Å². The normalized spacial score (nSPS) is 12.7. The van der Waals surface area contributed by atoms with Crippen molar-refractivity contribution in [1.82, 2.24) is 15.0 Å². The molecule has 162 valence electrons. The zero-order valence-corrected chi connectivity index (χ0v) is 19.3. The largest absolute Gasteiger partial charge is 0.350 e. The number of carbonyl (C=O) groups excluding carboxylic acids is 1. The van der Waals surface area contributed by atoms with Gasteiger partial charge in [-0.2, -0.15) is 0 Å². The Morgan fingerprint density at radius 3 is 2.84 bits per heavy atom. The number of carbonyl (C=O) groups is 1. The molecule has 0 spiro atoms. The van der Waals surface area contributed by atoms with Crippen LogP contribution in [0.1, 0.15) is 28.0 Å². The van der Waals surface area contributed by atoms with Crippen LogP contribution in [-0.4, -0.2) is 34.5 Å². The van der Waals surface area contributed by atoms with Crippen LogP contribution in [-0.2, 0) is 17.6 Å². The maximum Gasteiger partial charge on any atom is 0.243 e. The lowest BCUT2D eigenvalue weighted by molar-refractivity contribution is -0.114. The van der Waals surface area contributed by atoms with E-state index in [-0.39, 0.29) is 12.5 Å². The first-order chi connectivity index (χ1) is 15.5. The van der Waals surface area contributed by atoms with Crippen molar-refractivity contribution in [1.29, 1.82) is 0 Å². The van der Waals surface area contributed by atoms with Crippen LogP contribution in [0.3, 0.4) is 0 Å². The van der Waals surface area contributed by atoms with Gasteiger partial charge in [-0.05, 0) is 68.0 Å². The second-order valence-electron chi connectivity index (χ2n) is 8.30. The van der Waals surface area contributed by atoms with Gasteiger partial charge in [-0.25, -0.2) is 9.97 Å². The number of hydrogen-bond acceptors (Lipinski definition) is 6. The lowest BCUT2D eigenvalue weighted by Crippen LogP contribution is -2.31. The Morgan fingerprint density at radius 1 is 1.16 bits per heavy atom. The zero-order valence-electron chi connectivity index (χ0n) is 18.5. The number of nitrogens with one attached hydrogen (secondary N) is 1. The van der Waals surface area contributed by atoms with Gasteiger partial charge in [-0.3, -0.25) is 9.78 Å². The molecule has 3 aromatic heterocycles. The van der Waals surface area contributed by atoms with Gasteiger partial charge in [-0.1, -0.05) is 12.1 Å². The molecule has 0 fully saturated rings. The van der Waals surface area contributed by atoms with Gasteiger partial charge in [0, 0.05) is 35.6 Å². The Morgan fingerprint density at radius 2 is 2.03 bits per heavy atom. The van der Waals surface area contributed by atoms with Crippen molar-refractivity contribution in [2.45, 2.75) is 33.1 Å². The van der Waals surface area contributed by atoms with Gasteiger partial charge in [0.15, 0.2) is 5.82 Å². The minimum atomic E-state index is -0.0669. The standard InChI is InChI=1S/C25H25N5OS/c1-15-7-4-10-19(16(15)2)27-21(31)14-30(3)24-22-18-9-5-11-20(18)32-25(22)29-23(28-24)17-8-6-12-26-13-17/h4,6-8,10,12-13H,5,9,11,14H2,1-3H3,(H,27,31). The summed E-state index contributed by atoms with van der Waals surface area (Å²) in [5, 5.41) is 4.16. The third-order valence-electron chi connectivity index (χ3n) is 6.09. The number of aromatic nitrogens is 3. The van der Waals surface area contributed by atoms with Gasteiger partial charge in [-0.15, -0.1) is 11.3 Å². The number of hydrogen-bond donors (Lipinski definition) is 1. The van der Waals surface area contributed by atoms with E-state index in [9.17, 15) is 4.79 Å². The van der Waals surface area contributed by atoms with Gasteiger partial charge in [0.25, 0.3) is 0 Å². The number of benzene rings is 1. The second kappa shape index (κ2) is 8.31.